The van der Waals surface area contributed by atoms with Gasteiger partial charge in [0.15, 0.2) is 5.82 Å². The third kappa shape index (κ3) is 3.39. The molecule has 7 nitrogen and oxygen atoms in total. The Morgan fingerprint density at radius 2 is 2.08 bits per heavy atom. The van der Waals surface area contributed by atoms with Crippen LogP contribution in [0.25, 0.3) is 5.57 Å². The van der Waals surface area contributed by atoms with Gasteiger partial charge in [0.2, 0.25) is 5.91 Å². The lowest BCUT2D eigenvalue weighted by Gasteiger charge is -2.26. The Bertz CT molecular complexity index is 840. The van der Waals surface area contributed by atoms with Crippen molar-refractivity contribution in [3.63, 3.8) is 0 Å². The van der Waals surface area contributed by atoms with Gasteiger partial charge < -0.3 is 21.3 Å². The second-order valence-corrected chi connectivity index (χ2v) is 7.65. The number of rotatable bonds is 5. The lowest BCUT2D eigenvalue weighted by molar-refractivity contribution is -0.124. The highest BCUT2D eigenvalue weighted by Gasteiger charge is 2.33. The number of nitrogens with one attached hydrogen (secondary N) is 4. The number of aromatic nitrogens is 2. The average Bonchev–Trinajstić information content (AvgIpc) is 3.31. The van der Waals surface area contributed by atoms with E-state index in [9.17, 15) is 4.79 Å². The molecule has 0 saturated heterocycles. The number of halogens is 1. The topological polar surface area (TPSA) is 91.0 Å². The van der Waals surface area contributed by atoms with Gasteiger partial charge in [0.25, 0.3) is 0 Å². The van der Waals surface area contributed by atoms with Gasteiger partial charge in [-0.3, -0.25) is 4.79 Å². The summed E-state index contributed by atoms with van der Waals surface area (Å²) >= 11 is 6.11. The molecule has 1 unspecified atom stereocenters. The molecule has 1 atom stereocenters. The van der Waals surface area contributed by atoms with E-state index in [2.05, 4.69) is 31.2 Å². The summed E-state index contributed by atoms with van der Waals surface area (Å²) < 4.78 is 0. The van der Waals surface area contributed by atoms with Gasteiger partial charge in [-0.1, -0.05) is 11.6 Å². The van der Waals surface area contributed by atoms with E-state index in [4.69, 9.17) is 11.6 Å². The number of dihydropyridines is 1. The zero-order chi connectivity index (χ0) is 18.3. The van der Waals surface area contributed by atoms with Crippen molar-refractivity contribution in [2.24, 2.45) is 0 Å². The van der Waals surface area contributed by atoms with Crippen LogP contribution in [0, 0.1) is 0 Å². The van der Waals surface area contributed by atoms with E-state index in [1.807, 2.05) is 26.1 Å². The lowest BCUT2D eigenvalue weighted by atomic mass is 10.0. The number of nitrogens with zero attached hydrogens (tertiary/aromatic N) is 2. The van der Waals surface area contributed by atoms with Gasteiger partial charge in [0.05, 0.1) is 5.03 Å². The normalized spacial score (nSPS) is 21.5. The van der Waals surface area contributed by atoms with Crippen molar-refractivity contribution in [1.82, 2.24) is 25.9 Å². The van der Waals surface area contributed by atoms with Crippen molar-refractivity contribution < 1.29 is 4.79 Å². The van der Waals surface area contributed by atoms with Crippen molar-refractivity contribution in [1.29, 1.82) is 0 Å². The van der Waals surface area contributed by atoms with Gasteiger partial charge in [0, 0.05) is 35.8 Å². The Balaban J connectivity index is 1.53. The van der Waals surface area contributed by atoms with Crippen molar-refractivity contribution in [2.75, 3.05) is 5.32 Å². The van der Waals surface area contributed by atoms with E-state index in [-0.39, 0.29) is 12.1 Å². The SMILES string of the molecule is CC(C)(Nc1ccnc(C2=CNC3NC=C(Cl)C=C23)n1)C(=O)NC1CC1. The molecule has 1 fully saturated rings. The van der Waals surface area contributed by atoms with Crippen LogP contribution in [-0.2, 0) is 4.79 Å². The maximum atomic E-state index is 12.4. The molecular formula is C18H21ClN6O. The molecule has 2 aliphatic heterocycles. The minimum Gasteiger partial charge on any atom is -0.367 e. The second kappa shape index (κ2) is 6.32. The summed E-state index contributed by atoms with van der Waals surface area (Å²) in [5.41, 5.74) is 1.09. The van der Waals surface area contributed by atoms with Gasteiger partial charge in [0.1, 0.15) is 17.5 Å². The van der Waals surface area contributed by atoms with E-state index in [0.29, 0.717) is 22.7 Å². The Morgan fingerprint density at radius 3 is 2.85 bits per heavy atom. The molecular weight excluding hydrogens is 352 g/mol. The number of hydrogen-bond donors (Lipinski definition) is 4. The van der Waals surface area contributed by atoms with E-state index in [1.165, 1.54) is 0 Å². The minimum atomic E-state index is -0.767. The predicted molar refractivity (Wildman–Crippen MR) is 101 cm³/mol. The molecule has 4 N–H and O–H groups in total. The molecule has 3 heterocycles. The first-order valence-electron chi connectivity index (χ1n) is 8.65. The molecule has 26 heavy (non-hydrogen) atoms. The van der Waals surface area contributed by atoms with E-state index < -0.39 is 5.54 Å². The number of amides is 1. The molecule has 0 bridgehead atoms. The third-order valence-corrected chi connectivity index (χ3v) is 4.73. The van der Waals surface area contributed by atoms with Gasteiger partial charge >= 0.3 is 0 Å². The number of carbonyl (C=O) groups is 1. The first kappa shape index (κ1) is 16.9. The zero-order valence-corrected chi connectivity index (χ0v) is 15.4. The Hall–Kier alpha value is -2.54. The zero-order valence-electron chi connectivity index (χ0n) is 14.6. The largest absolute Gasteiger partial charge is 0.367 e. The van der Waals surface area contributed by atoms with Crippen LogP contribution in [0.3, 0.4) is 0 Å². The third-order valence-electron chi connectivity index (χ3n) is 4.51. The molecule has 1 aromatic heterocycles. The van der Waals surface area contributed by atoms with Crippen molar-refractivity contribution in [3.05, 3.63) is 47.2 Å². The fourth-order valence-electron chi connectivity index (χ4n) is 2.87. The monoisotopic (exact) mass is 372 g/mol. The molecule has 1 saturated carbocycles. The number of allylic oxidation sites excluding steroid dienone is 2. The van der Waals surface area contributed by atoms with Gasteiger partial charge in [-0.25, -0.2) is 9.97 Å². The maximum Gasteiger partial charge on any atom is 0.245 e. The molecule has 136 valence electrons. The van der Waals surface area contributed by atoms with Crippen LogP contribution in [0.15, 0.2) is 41.3 Å². The van der Waals surface area contributed by atoms with Gasteiger partial charge in [-0.15, -0.1) is 0 Å². The summed E-state index contributed by atoms with van der Waals surface area (Å²) in [6.45, 7) is 3.69. The van der Waals surface area contributed by atoms with E-state index >= 15 is 0 Å². The Morgan fingerprint density at radius 1 is 1.31 bits per heavy atom. The number of carbonyl (C=O) groups excluding carboxylic acids is 1. The Labute approximate surface area is 157 Å². The molecule has 0 spiro atoms. The quantitative estimate of drug-likeness (QED) is 0.630. The number of fused-ring (bicyclic) bond motifs is 1. The Kier molecular flexibility index (Phi) is 4.11. The molecule has 4 rings (SSSR count). The summed E-state index contributed by atoms with van der Waals surface area (Å²) in [6, 6.07) is 2.08. The van der Waals surface area contributed by atoms with Crippen molar-refractivity contribution in [3.8, 4) is 0 Å². The minimum absolute atomic E-state index is 0.0296. The second-order valence-electron chi connectivity index (χ2n) is 7.22. The summed E-state index contributed by atoms with van der Waals surface area (Å²) in [6.07, 6.45) is 9.28. The molecule has 1 aromatic rings. The molecule has 0 radical (unpaired) electrons. The summed E-state index contributed by atoms with van der Waals surface area (Å²) in [5, 5.41) is 13.3. The van der Waals surface area contributed by atoms with Crippen molar-refractivity contribution >= 4 is 28.9 Å². The highest BCUT2D eigenvalue weighted by molar-refractivity contribution is 6.31. The van der Waals surface area contributed by atoms with E-state index in [1.54, 1.807) is 18.5 Å². The molecule has 1 aliphatic carbocycles. The summed E-state index contributed by atoms with van der Waals surface area (Å²) in [7, 11) is 0. The van der Waals surface area contributed by atoms with Crippen LogP contribution >= 0.6 is 11.6 Å². The average molecular weight is 373 g/mol. The predicted octanol–water partition coefficient (Wildman–Crippen LogP) is 1.83. The fraction of sp³-hybridized carbons (Fsp3) is 0.389. The standard InChI is InChI=1S/C18H21ClN6O/c1-18(2,17(26)23-11-3-4-11)25-14-5-6-20-16(24-14)13-9-22-15-12(13)7-10(19)8-21-15/h5-9,11,15,21-22H,3-4H2,1-2H3,(H,23,26)(H,20,24,25). The van der Waals surface area contributed by atoms with Crippen LogP contribution in [-0.4, -0.2) is 33.6 Å². The van der Waals surface area contributed by atoms with Crippen LogP contribution in [0.1, 0.15) is 32.5 Å². The molecule has 1 amide bonds. The molecule has 8 heteroatoms. The molecule has 0 aromatic carbocycles. The van der Waals surface area contributed by atoms with Crippen molar-refractivity contribution in [2.45, 2.75) is 44.4 Å². The van der Waals surface area contributed by atoms with Crippen LogP contribution in [0.4, 0.5) is 5.82 Å². The van der Waals surface area contributed by atoms with Gasteiger partial charge in [-0.05, 0) is 38.8 Å². The highest BCUT2D eigenvalue weighted by atomic mass is 35.5. The smallest absolute Gasteiger partial charge is 0.245 e. The van der Waals surface area contributed by atoms with Crippen LogP contribution in [0.2, 0.25) is 0 Å². The first-order valence-corrected chi connectivity index (χ1v) is 9.03. The fourth-order valence-corrected chi connectivity index (χ4v) is 3.05. The van der Waals surface area contributed by atoms with Crippen LogP contribution < -0.4 is 21.3 Å². The summed E-state index contributed by atoms with van der Waals surface area (Å²) in [5.74, 6) is 1.14. The number of anilines is 1. The lowest BCUT2D eigenvalue weighted by Crippen LogP contribution is -2.48. The number of hydrogen-bond acceptors (Lipinski definition) is 6. The highest BCUT2D eigenvalue weighted by Crippen LogP contribution is 2.31. The summed E-state index contributed by atoms with van der Waals surface area (Å²) in [4.78, 5) is 21.4. The first-order chi connectivity index (χ1) is 12.4. The van der Waals surface area contributed by atoms with E-state index in [0.717, 1.165) is 24.0 Å². The molecule has 3 aliphatic rings. The van der Waals surface area contributed by atoms with Gasteiger partial charge in [-0.2, -0.15) is 0 Å². The van der Waals surface area contributed by atoms with Crippen LogP contribution in [0.5, 0.6) is 0 Å². The maximum absolute atomic E-state index is 12.4.